The Bertz CT molecular complexity index is 346. The van der Waals surface area contributed by atoms with E-state index in [9.17, 15) is 0 Å². The minimum absolute atomic E-state index is 0.340. The summed E-state index contributed by atoms with van der Waals surface area (Å²) in [4.78, 5) is 7.07. The van der Waals surface area contributed by atoms with Crippen LogP contribution in [0.4, 0.5) is 0 Å². The molecule has 1 heterocycles. The molecule has 0 aromatic heterocycles. The van der Waals surface area contributed by atoms with Crippen LogP contribution < -0.4 is 5.73 Å². The van der Waals surface area contributed by atoms with Crippen LogP contribution in [0, 0.1) is 23.7 Å². The Morgan fingerprint density at radius 1 is 1.18 bits per heavy atom. The van der Waals surface area contributed by atoms with Gasteiger partial charge in [0.15, 0.2) is 5.96 Å². The van der Waals surface area contributed by atoms with E-state index < -0.39 is 0 Å². The number of hydrogen-bond acceptors (Lipinski definition) is 3. The Morgan fingerprint density at radius 2 is 1.76 bits per heavy atom. The molecule has 0 aromatic carbocycles. The van der Waals surface area contributed by atoms with E-state index >= 15 is 0 Å². The molecule has 1 aliphatic heterocycles. The van der Waals surface area contributed by atoms with E-state index in [4.69, 9.17) is 5.73 Å². The number of aliphatic imine (C=N–C) groups is 1. The van der Waals surface area contributed by atoms with Gasteiger partial charge in [-0.3, -0.25) is 4.99 Å². The molecule has 4 bridgehead atoms. The van der Waals surface area contributed by atoms with Crippen molar-refractivity contribution < 1.29 is 0 Å². The zero-order valence-corrected chi connectivity index (χ0v) is 10.7. The first-order chi connectivity index (χ1) is 8.24. The van der Waals surface area contributed by atoms with Crippen molar-refractivity contribution in [2.45, 2.75) is 44.6 Å². The lowest BCUT2D eigenvalue weighted by Gasteiger charge is -2.62. The van der Waals surface area contributed by atoms with Gasteiger partial charge in [0.05, 0.1) is 12.1 Å². The van der Waals surface area contributed by atoms with Gasteiger partial charge in [0.1, 0.15) is 0 Å². The van der Waals surface area contributed by atoms with Gasteiger partial charge >= 0.3 is 0 Å². The van der Waals surface area contributed by atoms with Crippen LogP contribution in [0.5, 0.6) is 0 Å². The predicted octanol–water partition coefficient (Wildman–Crippen LogP) is 1.83. The van der Waals surface area contributed by atoms with Crippen LogP contribution in [0.2, 0.25) is 0 Å². The van der Waals surface area contributed by atoms with Crippen LogP contribution in [0.25, 0.3) is 0 Å². The first-order valence-electron chi connectivity index (χ1n) is 7.31. The highest BCUT2D eigenvalue weighted by molar-refractivity contribution is 5.81. The van der Waals surface area contributed by atoms with E-state index in [0.717, 1.165) is 42.7 Å². The Morgan fingerprint density at radius 3 is 2.29 bits per heavy atom. The van der Waals surface area contributed by atoms with E-state index in [0.29, 0.717) is 5.54 Å². The van der Waals surface area contributed by atoms with Gasteiger partial charge < -0.3 is 10.6 Å². The molecule has 4 aliphatic carbocycles. The highest BCUT2D eigenvalue weighted by Gasteiger charge is 2.61. The van der Waals surface area contributed by atoms with Crippen LogP contribution in [0.3, 0.4) is 0 Å². The van der Waals surface area contributed by atoms with Crippen molar-refractivity contribution in [1.82, 2.24) is 4.90 Å². The summed E-state index contributed by atoms with van der Waals surface area (Å²) in [6, 6.07) is 0. The average Bonchev–Trinajstić information content (AvgIpc) is 2.63. The maximum atomic E-state index is 6.12. The third-order valence-corrected chi connectivity index (χ3v) is 6.14. The Balaban J connectivity index is 1.74. The van der Waals surface area contributed by atoms with Crippen molar-refractivity contribution in [2.24, 2.45) is 34.4 Å². The monoisotopic (exact) mass is 233 g/mol. The summed E-state index contributed by atoms with van der Waals surface area (Å²) in [6.45, 7) is 4.26. The van der Waals surface area contributed by atoms with Crippen molar-refractivity contribution >= 4 is 5.96 Å². The van der Waals surface area contributed by atoms with Crippen LogP contribution in [0.1, 0.15) is 39.0 Å². The van der Waals surface area contributed by atoms with Crippen molar-refractivity contribution in [3.05, 3.63) is 0 Å². The first-order valence-corrected chi connectivity index (χ1v) is 7.31. The highest BCUT2D eigenvalue weighted by Crippen LogP contribution is 2.60. The molecule has 94 valence electrons. The maximum Gasteiger partial charge on any atom is 0.191 e. The molecule has 17 heavy (non-hydrogen) atoms. The fourth-order valence-corrected chi connectivity index (χ4v) is 5.75. The summed E-state index contributed by atoms with van der Waals surface area (Å²) < 4.78 is 0. The summed E-state index contributed by atoms with van der Waals surface area (Å²) in [5, 5.41) is 0. The topological polar surface area (TPSA) is 41.6 Å². The van der Waals surface area contributed by atoms with Crippen LogP contribution in [-0.4, -0.2) is 29.5 Å². The minimum Gasteiger partial charge on any atom is -0.370 e. The molecule has 5 rings (SSSR count). The Kier molecular flexibility index (Phi) is 1.91. The fourth-order valence-electron chi connectivity index (χ4n) is 5.75. The molecule has 0 atom stereocenters. The lowest BCUT2D eigenvalue weighted by Crippen LogP contribution is -2.67. The standard InChI is InChI=1S/C14H23N3/c1-2-17-13(15)16-8-14(17)11-4-9-3-10(6-11)7-12(14)5-9/h9-12H,2-8H2,1H3,(H2,15,16). The second kappa shape index (κ2) is 3.18. The summed E-state index contributed by atoms with van der Waals surface area (Å²) in [7, 11) is 0. The van der Waals surface area contributed by atoms with Crippen molar-refractivity contribution in [3.63, 3.8) is 0 Å². The number of likely N-dealkylation sites (N-methyl/N-ethyl adjacent to an activating group) is 1. The van der Waals surface area contributed by atoms with E-state index in [1.54, 1.807) is 0 Å². The van der Waals surface area contributed by atoms with Gasteiger partial charge in [0.25, 0.3) is 0 Å². The van der Waals surface area contributed by atoms with Gasteiger partial charge in [0.2, 0.25) is 0 Å². The zero-order valence-electron chi connectivity index (χ0n) is 10.7. The number of guanidine groups is 1. The molecule has 5 aliphatic rings. The van der Waals surface area contributed by atoms with Gasteiger partial charge in [-0.05, 0) is 62.7 Å². The van der Waals surface area contributed by atoms with Gasteiger partial charge in [-0.15, -0.1) is 0 Å². The molecule has 0 aromatic rings. The molecular weight excluding hydrogens is 210 g/mol. The lowest BCUT2D eigenvalue weighted by atomic mass is 9.48. The summed E-state index contributed by atoms with van der Waals surface area (Å²) >= 11 is 0. The molecule has 0 saturated heterocycles. The fraction of sp³-hybridized carbons (Fsp3) is 0.929. The van der Waals surface area contributed by atoms with Crippen LogP contribution >= 0.6 is 0 Å². The molecule has 0 unspecified atom stereocenters. The number of nitrogens with zero attached hydrogens (tertiary/aromatic N) is 2. The normalized spacial score (nSPS) is 51.4. The minimum atomic E-state index is 0.340. The number of nitrogens with two attached hydrogens (primary N) is 1. The second-order valence-corrected chi connectivity index (χ2v) is 6.71. The second-order valence-electron chi connectivity index (χ2n) is 6.71. The largest absolute Gasteiger partial charge is 0.370 e. The molecular formula is C14H23N3. The van der Waals surface area contributed by atoms with Crippen LogP contribution in [0.15, 0.2) is 4.99 Å². The van der Waals surface area contributed by atoms with Gasteiger partial charge in [0, 0.05) is 6.54 Å². The smallest absolute Gasteiger partial charge is 0.191 e. The third kappa shape index (κ3) is 1.11. The maximum absolute atomic E-state index is 6.12. The number of rotatable bonds is 1. The molecule has 0 radical (unpaired) electrons. The van der Waals surface area contributed by atoms with Crippen molar-refractivity contribution in [3.8, 4) is 0 Å². The Hall–Kier alpha value is -0.730. The predicted molar refractivity (Wildman–Crippen MR) is 68.6 cm³/mol. The summed E-state index contributed by atoms with van der Waals surface area (Å²) in [5.74, 6) is 4.64. The molecule has 4 fully saturated rings. The quantitative estimate of drug-likeness (QED) is 0.751. The summed E-state index contributed by atoms with van der Waals surface area (Å²) in [5.41, 5.74) is 6.46. The molecule has 3 nitrogen and oxygen atoms in total. The van der Waals surface area contributed by atoms with Crippen molar-refractivity contribution in [1.29, 1.82) is 0 Å². The molecule has 0 amide bonds. The molecule has 1 spiro atoms. The Labute approximate surface area is 103 Å². The van der Waals surface area contributed by atoms with Crippen molar-refractivity contribution in [2.75, 3.05) is 13.1 Å². The summed E-state index contributed by atoms with van der Waals surface area (Å²) in [6.07, 6.45) is 7.32. The SMILES string of the molecule is CCN1C(N)=NCC12C1CC3CC(C1)CC2C3. The molecule has 2 N–H and O–H groups in total. The highest BCUT2D eigenvalue weighted by atomic mass is 15.4. The van der Waals surface area contributed by atoms with Gasteiger partial charge in [-0.25, -0.2) is 0 Å². The van der Waals surface area contributed by atoms with Gasteiger partial charge in [-0.1, -0.05) is 0 Å². The third-order valence-electron chi connectivity index (χ3n) is 6.14. The first kappa shape index (κ1) is 10.2. The number of hydrogen-bond donors (Lipinski definition) is 1. The molecule has 3 heteroatoms. The zero-order chi connectivity index (χ0) is 11.6. The van der Waals surface area contributed by atoms with Crippen LogP contribution in [-0.2, 0) is 0 Å². The van der Waals surface area contributed by atoms with Gasteiger partial charge in [-0.2, -0.15) is 0 Å². The van der Waals surface area contributed by atoms with E-state index in [2.05, 4.69) is 16.8 Å². The van der Waals surface area contributed by atoms with E-state index in [1.165, 1.54) is 32.1 Å². The molecule has 4 saturated carbocycles. The van der Waals surface area contributed by atoms with E-state index in [1.807, 2.05) is 0 Å². The lowest BCUT2D eigenvalue weighted by molar-refractivity contribution is -0.100. The van der Waals surface area contributed by atoms with E-state index in [-0.39, 0.29) is 0 Å². The average molecular weight is 233 g/mol.